The average molecular weight is 495 g/mol. The highest BCUT2D eigenvalue weighted by Gasteiger charge is 2.21. The summed E-state index contributed by atoms with van der Waals surface area (Å²) in [7, 11) is 1.60. The molecule has 1 saturated heterocycles. The Bertz CT molecular complexity index is 1260. The Morgan fingerprint density at radius 2 is 2.11 bits per heavy atom. The van der Waals surface area contributed by atoms with Gasteiger partial charge in [0.25, 0.3) is 5.91 Å². The van der Waals surface area contributed by atoms with Gasteiger partial charge in [0, 0.05) is 50.0 Å². The van der Waals surface area contributed by atoms with Crippen LogP contribution in [0.4, 0.5) is 5.82 Å². The van der Waals surface area contributed by atoms with Crippen LogP contribution in [-0.2, 0) is 16.1 Å². The summed E-state index contributed by atoms with van der Waals surface area (Å²) in [5.41, 5.74) is 1.86. The maximum atomic E-state index is 12.9. The van der Waals surface area contributed by atoms with Crippen molar-refractivity contribution in [1.29, 1.82) is 0 Å². The molecule has 0 radical (unpaired) electrons. The molecule has 1 fully saturated rings. The molecule has 1 N–H and O–H groups in total. The van der Waals surface area contributed by atoms with Gasteiger partial charge in [-0.2, -0.15) is 4.99 Å². The number of fused-ring (bicyclic) bond motifs is 3. The fourth-order valence-electron chi connectivity index (χ4n) is 4.23. The number of nitrogens with zero attached hydrogens (tertiary/aromatic N) is 5. The zero-order chi connectivity index (χ0) is 25.5. The third-order valence-corrected chi connectivity index (χ3v) is 6.07. The molecule has 2 aromatic rings. The van der Waals surface area contributed by atoms with Crippen molar-refractivity contribution in [2.45, 2.75) is 26.8 Å². The van der Waals surface area contributed by atoms with Gasteiger partial charge in [0.05, 0.1) is 32.5 Å². The van der Waals surface area contributed by atoms with Crippen molar-refractivity contribution >= 4 is 28.8 Å². The van der Waals surface area contributed by atoms with Gasteiger partial charge >= 0.3 is 0 Å². The predicted molar refractivity (Wildman–Crippen MR) is 140 cm³/mol. The normalized spacial score (nSPS) is 16.9. The minimum Gasteiger partial charge on any atom is -0.491 e. The van der Waals surface area contributed by atoms with Gasteiger partial charge in [-0.05, 0) is 32.4 Å². The highest BCUT2D eigenvalue weighted by Crippen LogP contribution is 2.37. The van der Waals surface area contributed by atoms with Crippen LogP contribution < -0.4 is 20.4 Å². The van der Waals surface area contributed by atoms with Crippen molar-refractivity contribution in [1.82, 2.24) is 14.5 Å². The number of ether oxygens (including phenoxy) is 3. The highest BCUT2D eigenvalue weighted by atomic mass is 16.5. The molecular weight excluding hydrogens is 460 g/mol. The molecule has 0 atom stereocenters. The first kappa shape index (κ1) is 25.6. The van der Waals surface area contributed by atoms with Crippen LogP contribution in [0.5, 0.6) is 11.5 Å². The number of nitrogens with one attached hydrogen (secondary N) is 1. The smallest absolute Gasteiger partial charge is 0.281 e. The van der Waals surface area contributed by atoms with E-state index in [2.05, 4.69) is 26.8 Å². The average Bonchev–Trinajstić information content (AvgIpc) is 3.38. The fourth-order valence-corrected chi connectivity index (χ4v) is 4.23. The Balaban J connectivity index is 1.63. The molecule has 1 aromatic heterocycles. The minimum atomic E-state index is -0.426. The van der Waals surface area contributed by atoms with E-state index < -0.39 is 5.91 Å². The van der Waals surface area contributed by atoms with E-state index in [-0.39, 0.29) is 0 Å². The quantitative estimate of drug-likeness (QED) is 0.325. The molecule has 192 valence electrons. The number of aromatic nitrogens is 2. The molecule has 0 unspecified atom stereocenters. The number of aliphatic imine (C=N–C) groups is 1. The maximum absolute atomic E-state index is 12.9. The summed E-state index contributed by atoms with van der Waals surface area (Å²) in [5.74, 6) is 1.56. The second-order valence-electron chi connectivity index (χ2n) is 8.64. The third-order valence-electron chi connectivity index (χ3n) is 6.07. The molecule has 4 rings (SSSR count). The van der Waals surface area contributed by atoms with Gasteiger partial charge in [-0.3, -0.25) is 19.3 Å². The molecule has 10 nitrogen and oxygen atoms in total. The molecular formula is C26H34N6O4. The van der Waals surface area contributed by atoms with Crippen LogP contribution in [0, 0.1) is 0 Å². The number of methoxy groups -OCH3 is 1. The summed E-state index contributed by atoms with van der Waals surface area (Å²) in [6.07, 6.45) is 4.04. The number of amides is 1. The van der Waals surface area contributed by atoms with E-state index in [1.54, 1.807) is 27.0 Å². The Morgan fingerprint density at radius 3 is 2.83 bits per heavy atom. The van der Waals surface area contributed by atoms with Crippen molar-refractivity contribution in [2.75, 3.05) is 58.4 Å². The molecule has 2 aliphatic rings. The van der Waals surface area contributed by atoms with Crippen LogP contribution in [0.1, 0.15) is 20.3 Å². The summed E-state index contributed by atoms with van der Waals surface area (Å²) in [6.45, 7) is 13.6. The van der Waals surface area contributed by atoms with Crippen LogP contribution in [0.15, 0.2) is 46.0 Å². The Morgan fingerprint density at radius 1 is 1.31 bits per heavy atom. The van der Waals surface area contributed by atoms with E-state index in [1.165, 1.54) is 6.21 Å². The zero-order valence-corrected chi connectivity index (χ0v) is 21.2. The molecule has 0 aliphatic carbocycles. The van der Waals surface area contributed by atoms with Gasteiger partial charge in [-0.1, -0.05) is 12.7 Å². The number of anilines is 1. The van der Waals surface area contributed by atoms with Gasteiger partial charge in [0.2, 0.25) is 5.62 Å². The second kappa shape index (κ2) is 12.0. The van der Waals surface area contributed by atoms with Crippen molar-refractivity contribution in [3.8, 4) is 11.5 Å². The first-order valence-electron chi connectivity index (χ1n) is 12.2. The summed E-state index contributed by atoms with van der Waals surface area (Å²) < 4.78 is 19.1. The van der Waals surface area contributed by atoms with Gasteiger partial charge in [0.1, 0.15) is 11.3 Å². The van der Waals surface area contributed by atoms with Crippen molar-refractivity contribution in [3.63, 3.8) is 0 Å². The number of allylic oxidation sites excluding steroid dienone is 2. The lowest BCUT2D eigenvalue weighted by Crippen LogP contribution is -2.37. The van der Waals surface area contributed by atoms with Gasteiger partial charge in [-0.25, -0.2) is 4.98 Å². The van der Waals surface area contributed by atoms with Crippen LogP contribution in [0.3, 0.4) is 0 Å². The van der Waals surface area contributed by atoms with Gasteiger partial charge < -0.3 is 19.5 Å². The second-order valence-corrected chi connectivity index (χ2v) is 8.64. The number of hydrogen-bond acceptors (Lipinski definition) is 8. The van der Waals surface area contributed by atoms with E-state index in [0.717, 1.165) is 50.5 Å². The van der Waals surface area contributed by atoms with Gasteiger partial charge in [-0.15, -0.1) is 0 Å². The molecule has 0 spiro atoms. The van der Waals surface area contributed by atoms with E-state index >= 15 is 0 Å². The summed E-state index contributed by atoms with van der Waals surface area (Å²) >= 11 is 0. The van der Waals surface area contributed by atoms with Crippen LogP contribution in [0.25, 0.3) is 10.9 Å². The summed E-state index contributed by atoms with van der Waals surface area (Å²) in [6, 6.07) is 3.88. The molecule has 0 bridgehead atoms. The first-order chi connectivity index (χ1) is 17.5. The predicted octanol–water partition coefficient (Wildman–Crippen LogP) is 2.55. The number of morpholine rings is 1. The van der Waals surface area contributed by atoms with Gasteiger partial charge in [0.15, 0.2) is 11.5 Å². The van der Waals surface area contributed by atoms with E-state index in [1.807, 2.05) is 16.7 Å². The molecule has 10 heteroatoms. The van der Waals surface area contributed by atoms with E-state index in [4.69, 9.17) is 19.2 Å². The highest BCUT2D eigenvalue weighted by molar-refractivity contribution is 6.12. The Kier molecular flexibility index (Phi) is 8.50. The molecule has 3 heterocycles. The van der Waals surface area contributed by atoms with Crippen LogP contribution >= 0.6 is 0 Å². The first-order valence-corrected chi connectivity index (χ1v) is 12.2. The number of benzene rings is 1. The molecule has 1 aromatic carbocycles. The van der Waals surface area contributed by atoms with E-state index in [0.29, 0.717) is 53.6 Å². The molecule has 36 heavy (non-hydrogen) atoms. The molecule has 0 saturated carbocycles. The summed E-state index contributed by atoms with van der Waals surface area (Å²) in [5, 5.41) is 4.27. The Labute approximate surface area is 211 Å². The third kappa shape index (κ3) is 5.83. The van der Waals surface area contributed by atoms with Crippen molar-refractivity contribution in [2.24, 2.45) is 9.98 Å². The maximum Gasteiger partial charge on any atom is 0.281 e. The van der Waals surface area contributed by atoms with Crippen molar-refractivity contribution < 1.29 is 19.0 Å². The minimum absolute atomic E-state index is 0.304. The van der Waals surface area contributed by atoms with Crippen LogP contribution in [0.2, 0.25) is 0 Å². The fraction of sp³-hybridized carbons (Fsp3) is 0.462. The van der Waals surface area contributed by atoms with E-state index in [9.17, 15) is 4.79 Å². The topological polar surface area (TPSA) is 103 Å². The number of carbonyl (C=O) groups excluding carboxylic acids is 1. The molecule has 2 aliphatic heterocycles. The summed E-state index contributed by atoms with van der Waals surface area (Å²) in [4.78, 5) is 28.5. The lowest BCUT2D eigenvalue weighted by atomic mass is 10.2. The lowest BCUT2D eigenvalue weighted by molar-refractivity contribution is -0.114. The zero-order valence-electron chi connectivity index (χ0n) is 21.2. The number of rotatable bonds is 9. The number of carbonyl (C=O) groups is 1. The number of hydrogen-bond donors (Lipinski definition) is 1. The Hall–Kier alpha value is -3.50. The SMILES string of the molecule is C=C(C)N=C/C(=C\C)C(=O)N=c1nc2c(OC)c(OCCCN3CCOCC3)ccc2c2n1CCN2. The monoisotopic (exact) mass is 494 g/mol. The molecule has 1 amide bonds. The van der Waals surface area contributed by atoms with Crippen LogP contribution in [-0.4, -0.2) is 79.7 Å². The standard InChI is InChI=1S/C26H34N6O4/c1-5-19(17-28-18(2)3)25(33)30-26-29-22-20(24-27-9-11-32(24)26)7-8-21(23(22)34-4)36-14-6-10-31-12-15-35-16-13-31/h5,7-8,17,27H,2,6,9-16H2,1,3-4H3/b19-5+,28-17?,30-26?. The lowest BCUT2D eigenvalue weighted by Gasteiger charge is -2.26. The largest absolute Gasteiger partial charge is 0.491 e. The van der Waals surface area contributed by atoms with Crippen molar-refractivity contribution in [3.05, 3.63) is 41.7 Å².